The van der Waals surface area contributed by atoms with Gasteiger partial charge < -0.3 is 49.6 Å². The van der Waals surface area contributed by atoms with Gasteiger partial charge in [-0.2, -0.15) is 0 Å². The molecule has 0 aromatic rings. The van der Waals surface area contributed by atoms with Crippen molar-refractivity contribution >= 4 is 0 Å². The molecule has 244 valence electrons. The second-order valence-electron chi connectivity index (χ2n) is 15.7. The van der Waals surface area contributed by atoms with Crippen molar-refractivity contribution in [3.8, 4) is 0 Å². The quantitative estimate of drug-likeness (QED) is 0.259. The zero-order chi connectivity index (χ0) is 30.6. The van der Waals surface area contributed by atoms with Gasteiger partial charge in [-0.15, -0.1) is 0 Å². The standard InChI is InChI=1S/C33H52O10/c1-15-14-40-33(12-24(15)41-30-29(39)28(38)27(37)25(13-34)42-30)16(2)26-23(43-33)10-20-18-6-5-17-9-21(35)22(36)11-32(17,4)19(18)7-8-31(20,26)3/h5,15-16,18-30,34-39H,6-14H2,1-4H3/t15-,16-,18+,19?,20?,21+,22+,23-,24-,25+,26-,27+,28-,29+,30+,31-,32-,33+/m0/s1. The third-order valence-electron chi connectivity index (χ3n) is 13.7. The molecule has 3 saturated carbocycles. The summed E-state index contributed by atoms with van der Waals surface area (Å²) in [5.41, 5.74) is 1.38. The molecule has 7 aliphatic rings. The van der Waals surface area contributed by atoms with E-state index < -0.39 is 55.3 Å². The molecule has 3 aliphatic heterocycles. The van der Waals surface area contributed by atoms with Gasteiger partial charge in [0.25, 0.3) is 0 Å². The molecule has 1 spiro atoms. The van der Waals surface area contributed by atoms with Gasteiger partial charge in [0.1, 0.15) is 24.4 Å². The van der Waals surface area contributed by atoms with Crippen molar-refractivity contribution in [2.45, 2.75) is 134 Å². The van der Waals surface area contributed by atoms with Gasteiger partial charge in [0.2, 0.25) is 0 Å². The van der Waals surface area contributed by atoms with Crippen molar-refractivity contribution in [2.24, 2.45) is 46.3 Å². The van der Waals surface area contributed by atoms with Crippen molar-refractivity contribution < 1.29 is 49.6 Å². The van der Waals surface area contributed by atoms with Gasteiger partial charge in [-0.1, -0.05) is 39.3 Å². The van der Waals surface area contributed by atoms with E-state index in [9.17, 15) is 30.6 Å². The lowest BCUT2D eigenvalue weighted by Crippen LogP contribution is -2.61. The lowest BCUT2D eigenvalue weighted by Gasteiger charge is -2.59. The Morgan fingerprint density at radius 3 is 2.49 bits per heavy atom. The van der Waals surface area contributed by atoms with E-state index in [1.807, 2.05) is 6.92 Å². The topological polar surface area (TPSA) is 158 Å². The van der Waals surface area contributed by atoms with Crippen LogP contribution in [-0.2, 0) is 18.9 Å². The first-order chi connectivity index (χ1) is 20.3. The number of hydrogen-bond donors (Lipinski definition) is 6. The average Bonchev–Trinajstić information content (AvgIpc) is 3.41. The van der Waals surface area contributed by atoms with Crippen LogP contribution in [0.4, 0.5) is 0 Å². The first kappa shape index (κ1) is 31.0. The minimum absolute atomic E-state index is 0.0127. The van der Waals surface area contributed by atoms with Crippen LogP contribution in [0.25, 0.3) is 0 Å². The van der Waals surface area contributed by atoms with Crippen LogP contribution in [0.15, 0.2) is 11.6 Å². The monoisotopic (exact) mass is 608 g/mol. The highest BCUT2D eigenvalue weighted by Crippen LogP contribution is 2.70. The molecule has 4 aliphatic carbocycles. The van der Waals surface area contributed by atoms with E-state index in [1.165, 1.54) is 5.57 Å². The van der Waals surface area contributed by atoms with Crippen LogP contribution >= 0.6 is 0 Å². The number of aliphatic hydroxyl groups excluding tert-OH is 6. The fraction of sp³-hybridized carbons (Fsp3) is 0.939. The Balaban J connectivity index is 1.09. The molecule has 0 radical (unpaired) electrons. The van der Waals surface area contributed by atoms with E-state index in [-0.39, 0.29) is 34.9 Å². The molecule has 0 aromatic heterocycles. The van der Waals surface area contributed by atoms with Gasteiger partial charge in [0, 0.05) is 18.3 Å². The smallest absolute Gasteiger partial charge is 0.186 e. The normalized spacial score (nSPS) is 59.7. The number of hydrogen-bond acceptors (Lipinski definition) is 10. The Labute approximate surface area is 254 Å². The van der Waals surface area contributed by atoms with Gasteiger partial charge in [-0.05, 0) is 73.0 Å². The molecular formula is C33H52O10. The SMILES string of the molecule is C[C@H]1CO[C@]2(C[C@@H]1O[C@@H]1O[C@H](CO)[C@@H](O)[C@H](O)[C@H]1O)O[C@H]1CC3[C@@H]4CC=C5C[C@@H](O)[C@H](O)C[C@]5(C)C4CC[C@]3(C)[C@H]1[C@@H]2C. The highest BCUT2D eigenvalue weighted by atomic mass is 16.7. The van der Waals surface area contributed by atoms with E-state index in [0.29, 0.717) is 49.5 Å². The van der Waals surface area contributed by atoms with Crippen molar-refractivity contribution in [1.29, 1.82) is 0 Å². The van der Waals surface area contributed by atoms with E-state index in [2.05, 4.69) is 26.8 Å². The molecule has 10 heteroatoms. The lowest BCUT2D eigenvalue weighted by atomic mass is 9.46. The van der Waals surface area contributed by atoms with E-state index in [1.54, 1.807) is 0 Å². The minimum Gasteiger partial charge on any atom is -0.394 e. The third-order valence-corrected chi connectivity index (χ3v) is 13.7. The molecule has 18 atom stereocenters. The van der Waals surface area contributed by atoms with Crippen LogP contribution in [0.1, 0.15) is 72.6 Å². The number of rotatable bonds is 3. The molecular weight excluding hydrogens is 556 g/mol. The Morgan fingerprint density at radius 1 is 0.977 bits per heavy atom. The Hall–Kier alpha value is -0.660. The molecule has 0 amide bonds. The van der Waals surface area contributed by atoms with Crippen molar-refractivity contribution in [1.82, 2.24) is 0 Å². The number of allylic oxidation sites excluding steroid dienone is 1. The summed E-state index contributed by atoms with van der Waals surface area (Å²) in [4.78, 5) is 0. The fourth-order valence-corrected chi connectivity index (χ4v) is 11.2. The molecule has 6 N–H and O–H groups in total. The molecule has 3 heterocycles. The molecule has 2 unspecified atom stereocenters. The van der Waals surface area contributed by atoms with Crippen molar-refractivity contribution in [3.63, 3.8) is 0 Å². The van der Waals surface area contributed by atoms with Gasteiger partial charge in [0.05, 0.1) is 37.6 Å². The molecule has 0 aromatic carbocycles. The van der Waals surface area contributed by atoms with Gasteiger partial charge in [-0.3, -0.25) is 0 Å². The van der Waals surface area contributed by atoms with E-state index in [0.717, 1.165) is 25.7 Å². The summed E-state index contributed by atoms with van der Waals surface area (Å²) in [5.74, 6) is 1.16. The van der Waals surface area contributed by atoms with Gasteiger partial charge in [-0.25, -0.2) is 0 Å². The largest absolute Gasteiger partial charge is 0.394 e. The maximum absolute atomic E-state index is 10.6. The predicted molar refractivity (Wildman–Crippen MR) is 153 cm³/mol. The summed E-state index contributed by atoms with van der Waals surface area (Å²) >= 11 is 0. The summed E-state index contributed by atoms with van der Waals surface area (Å²) in [6.45, 7) is 8.99. The first-order valence-corrected chi connectivity index (χ1v) is 16.7. The maximum Gasteiger partial charge on any atom is 0.186 e. The zero-order valence-corrected chi connectivity index (χ0v) is 25.9. The predicted octanol–water partition coefficient (Wildman–Crippen LogP) is 1.48. The molecule has 7 rings (SSSR count). The second kappa shape index (κ2) is 10.7. The zero-order valence-electron chi connectivity index (χ0n) is 25.9. The molecule has 3 saturated heterocycles. The van der Waals surface area contributed by atoms with Crippen LogP contribution in [-0.4, -0.2) is 105 Å². The number of aliphatic hydroxyl groups is 6. The summed E-state index contributed by atoms with van der Waals surface area (Å²) in [7, 11) is 0. The molecule has 6 fully saturated rings. The number of ether oxygens (including phenoxy) is 4. The number of fused-ring (bicyclic) bond motifs is 7. The van der Waals surface area contributed by atoms with Crippen molar-refractivity contribution in [3.05, 3.63) is 11.6 Å². The maximum atomic E-state index is 10.6. The average molecular weight is 609 g/mol. The summed E-state index contributed by atoms with van der Waals surface area (Å²) < 4.78 is 25.5. The van der Waals surface area contributed by atoms with Crippen LogP contribution in [0, 0.1) is 46.3 Å². The van der Waals surface area contributed by atoms with Crippen LogP contribution < -0.4 is 0 Å². The Morgan fingerprint density at radius 2 is 1.74 bits per heavy atom. The van der Waals surface area contributed by atoms with Crippen LogP contribution in [0.3, 0.4) is 0 Å². The van der Waals surface area contributed by atoms with Crippen LogP contribution in [0.5, 0.6) is 0 Å². The Bertz CT molecular complexity index is 1100. The van der Waals surface area contributed by atoms with Gasteiger partial charge in [0.15, 0.2) is 12.1 Å². The second-order valence-corrected chi connectivity index (χ2v) is 15.7. The highest BCUT2D eigenvalue weighted by molar-refractivity contribution is 5.27. The van der Waals surface area contributed by atoms with Crippen LogP contribution in [0.2, 0.25) is 0 Å². The summed E-state index contributed by atoms with van der Waals surface area (Å²) in [5, 5.41) is 61.8. The van der Waals surface area contributed by atoms with E-state index in [4.69, 9.17) is 18.9 Å². The summed E-state index contributed by atoms with van der Waals surface area (Å²) in [6.07, 6.45) is 0.113. The summed E-state index contributed by atoms with van der Waals surface area (Å²) in [6, 6.07) is 0. The molecule has 10 nitrogen and oxygen atoms in total. The lowest BCUT2D eigenvalue weighted by molar-refractivity contribution is -0.344. The molecule has 0 bridgehead atoms. The molecule has 43 heavy (non-hydrogen) atoms. The Kier molecular flexibility index (Phi) is 7.70. The van der Waals surface area contributed by atoms with Crippen molar-refractivity contribution in [2.75, 3.05) is 13.2 Å². The highest BCUT2D eigenvalue weighted by Gasteiger charge is 2.69. The fourth-order valence-electron chi connectivity index (χ4n) is 11.2. The van der Waals surface area contributed by atoms with E-state index >= 15 is 0 Å². The van der Waals surface area contributed by atoms with Gasteiger partial charge >= 0.3 is 0 Å². The first-order valence-electron chi connectivity index (χ1n) is 16.7. The third kappa shape index (κ3) is 4.49. The minimum atomic E-state index is -1.48.